The van der Waals surface area contributed by atoms with E-state index in [-0.39, 0.29) is 4.21 Å². The molecule has 3 heterocycles. The lowest BCUT2D eigenvalue weighted by Crippen LogP contribution is -2.33. The minimum atomic E-state index is -3.64. The van der Waals surface area contributed by atoms with Crippen molar-refractivity contribution in [1.29, 1.82) is 0 Å². The quantitative estimate of drug-likeness (QED) is 0.586. The Morgan fingerprint density at radius 2 is 1.89 bits per heavy atom. The van der Waals surface area contributed by atoms with Crippen LogP contribution in [0.2, 0.25) is 4.34 Å². The first-order chi connectivity index (χ1) is 13.0. The first-order valence-corrected chi connectivity index (χ1v) is 11.6. The number of nitrogens with zero attached hydrogens (tertiary/aromatic N) is 2. The van der Waals surface area contributed by atoms with E-state index in [0.29, 0.717) is 16.5 Å². The summed E-state index contributed by atoms with van der Waals surface area (Å²) < 4.78 is 33.5. The van der Waals surface area contributed by atoms with Crippen molar-refractivity contribution in [2.24, 2.45) is 0 Å². The molecular formula is C19H21ClN2O3S2. The fourth-order valence-electron chi connectivity index (χ4n) is 3.40. The second-order valence-corrected chi connectivity index (χ2v) is 10.4. The van der Waals surface area contributed by atoms with Crippen LogP contribution in [-0.4, -0.2) is 43.5 Å². The first kappa shape index (κ1) is 18.8. The maximum absolute atomic E-state index is 12.8. The molecule has 5 nitrogen and oxygen atoms in total. The van der Waals surface area contributed by atoms with E-state index in [1.807, 2.05) is 12.1 Å². The Bertz CT molecular complexity index is 1040. The Kier molecular flexibility index (Phi) is 5.45. The van der Waals surface area contributed by atoms with Crippen molar-refractivity contribution in [1.82, 2.24) is 8.87 Å². The summed E-state index contributed by atoms with van der Waals surface area (Å²) in [5, 5.41) is 0.830. The molecule has 1 aliphatic rings. The van der Waals surface area contributed by atoms with Gasteiger partial charge in [0.15, 0.2) is 0 Å². The molecule has 1 aromatic carbocycles. The van der Waals surface area contributed by atoms with Gasteiger partial charge in [-0.15, -0.1) is 11.3 Å². The van der Waals surface area contributed by atoms with Crippen molar-refractivity contribution < 1.29 is 13.2 Å². The normalized spacial score (nSPS) is 16.0. The van der Waals surface area contributed by atoms with Crippen molar-refractivity contribution in [2.75, 3.05) is 26.2 Å². The molecule has 0 radical (unpaired) electrons. The summed E-state index contributed by atoms with van der Waals surface area (Å²) in [7, 11) is -3.64. The molecule has 1 aliphatic heterocycles. The molecule has 1 fully saturated rings. The molecule has 4 rings (SSSR count). The summed E-state index contributed by atoms with van der Waals surface area (Å²) in [4.78, 5) is 2.43. The summed E-state index contributed by atoms with van der Waals surface area (Å²) in [5.74, 6) is 0.758. The van der Waals surface area contributed by atoms with Crippen molar-refractivity contribution in [2.45, 2.75) is 23.5 Å². The molecule has 0 atom stereocenters. The van der Waals surface area contributed by atoms with Gasteiger partial charge in [-0.05, 0) is 62.3 Å². The van der Waals surface area contributed by atoms with Crippen LogP contribution in [0.1, 0.15) is 19.3 Å². The molecule has 1 saturated heterocycles. The summed E-state index contributed by atoms with van der Waals surface area (Å²) in [6, 6.07) is 10.4. The summed E-state index contributed by atoms with van der Waals surface area (Å²) in [6.07, 6.45) is 5.43. The second-order valence-electron chi connectivity index (χ2n) is 6.65. The van der Waals surface area contributed by atoms with Crippen LogP contribution in [0.15, 0.2) is 46.8 Å². The fourth-order valence-corrected chi connectivity index (χ4v) is 6.33. The smallest absolute Gasteiger partial charge is 0.277 e. The molecule has 0 unspecified atom stereocenters. The van der Waals surface area contributed by atoms with E-state index in [9.17, 15) is 8.42 Å². The molecule has 0 amide bonds. The van der Waals surface area contributed by atoms with Crippen molar-refractivity contribution >= 4 is 43.9 Å². The lowest BCUT2D eigenvalue weighted by atomic mass is 10.1. The molecule has 3 aromatic rings. The van der Waals surface area contributed by atoms with Gasteiger partial charge < -0.3 is 4.74 Å². The number of thiophene rings is 1. The van der Waals surface area contributed by atoms with Gasteiger partial charge in [0.05, 0.1) is 9.85 Å². The Labute approximate surface area is 168 Å². The predicted molar refractivity (Wildman–Crippen MR) is 110 cm³/mol. The zero-order valence-corrected chi connectivity index (χ0v) is 17.2. The molecule has 144 valence electrons. The topological polar surface area (TPSA) is 51.5 Å². The van der Waals surface area contributed by atoms with Crippen LogP contribution < -0.4 is 4.74 Å². The van der Waals surface area contributed by atoms with Gasteiger partial charge in [-0.2, -0.15) is 8.42 Å². The Morgan fingerprint density at radius 3 is 2.63 bits per heavy atom. The Balaban J connectivity index is 1.49. The third kappa shape index (κ3) is 4.01. The third-order valence-corrected chi connectivity index (χ3v) is 8.20. The number of ether oxygens (including phenoxy) is 1. The standard InChI is InChI=1S/C19H21ClN2O3S2/c20-18-6-7-19(26-18)27(23,24)22-11-8-15-14-16(4-5-17(15)22)25-13-12-21-9-2-1-3-10-21/h4-8,11,14H,1-3,9-10,12-13H2. The SMILES string of the molecule is O=S(=O)(c1ccc(Cl)s1)n1ccc2cc(OCCN3CCCCC3)ccc21. The van der Waals surface area contributed by atoms with E-state index in [1.165, 1.54) is 29.3 Å². The maximum atomic E-state index is 12.8. The lowest BCUT2D eigenvalue weighted by molar-refractivity contribution is 0.183. The number of halogens is 1. The number of piperidine rings is 1. The predicted octanol–water partition coefficient (Wildman–Crippen LogP) is 4.46. The van der Waals surface area contributed by atoms with E-state index in [1.54, 1.807) is 24.4 Å². The second kappa shape index (κ2) is 7.83. The van der Waals surface area contributed by atoms with Crippen LogP contribution in [0, 0.1) is 0 Å². The monoisotopic (exact) mass is 424 g/mol. The number of rotatable bonds is 6. The maximum Gasteiger partial charge on any atom is 0.277 e. The Morgan fingerprint density at radius 1 is 1.07 bits per heavy atom. The van der Waals surface area contributed by atoms with Crippen molar-refractivity contribution in [3.05, 3.63) is 46.9 Å². The number of likely N-dealkylation sites (tertiary alicyclic amines) is 1. The first-order valence-electron chi connectivity index (χ1n) is 9.01. The van der Waals surface area contributed by atoms with E-state index in [2.05, 4.69) is 4.90 Å². The lowest BCUT2D eigenvalue weighted by Gasteiger charge is -2.26. The number of hydrogen-bond acceptors (Lipinski definition) is 5. The number of fused-ring (bicyclic) bond motifs is 1. The van der Waals surface area contributed by atoms with Crippen LogP contribution in [0.5, 0.6) is 5.75 Å². The largest absolute Gasteiger partial charge is 0.492 e. The third-order valence-electron chi connectivity index (χ3n) is 4.81. The van der Waals surface area contributed by atoms with Gasteiger partial charge in [-0.1, -0.05) is 18.0 Å². The van der Waals surface area contributed by atoms with Crippen LogP contribution in [0.3, 0.4) is 0 Å². The molecule has 0 bridgehead atoms. The molecule has 0 N–H and O–H groups in total. The fraction of sp³-hybridized carbons (Fsp3) is 0.368. The summed E-state index contributed by atoms with van der Waals surface area (Å²) in [6.45, 7) is 3.86. The molecule has 2 aromatic heterocycles. The van der Waals surface area contributed by atoms with Crippen molar-refractivity contribution in [3.8, 4) is 5.75 Å². The van der Waals surface area contributed by atoms with Crippen LogP contribution in [0.4, 0.5) is 0 Å². The molecule has 0 saturated carbocycles. The Hall–Kier alpha value is -1.54. The van der Waals surface area contributed by atoms with Gasteiger partial charge in [0.1, 0.15) is 16.6 Å². The highest BCUT2D eigenvalue weighted by molar-refractivity contribution is 7.92. The zero-order chi connectivity index (χ0) is 18.9. The highest BCUT2D eigenvalue weighted by atomic mass is 35.5. The van der Waals surface area contributed by atoms with E-state index < -0.39 is 10.0 Å². The highest BCUT2D eigenvalue weighted by Crippen LogP contribution is 2.30. The minimum Gasteiger partial charge on any atom is -0.492 e. The number of aromatic nitrogens is 1. The van der Waals surface area contributed by atoms with Crippen LogP contribution in [0.25, 0.3) is 10.9 Å². The van der Waals surface area contributed by atoms with Gasteiger partial charge in [0, 0.05) is 18.1 Å². The molecular weight excluding hydrogens is 404 g/mol. The molecule has 0 spiro atoms. The van der Waals surface area contributed by atoms with E-state index in [0.717, 1.165) is 42.1 Å². The van der Waals surface area contributed by atoms with E-state index in [4.69, 9.17) is 16.3 Å². The number of benzene rings is 1. The van der Waals surface area contributed by atoms with E-state index >= 15 is 0 Å². The van der Waals surface area contributed by atoms with Gasteiger partial charge >= 0.3 is 0 Å². The average molecular weight is 425 g/mol. The molecule has 8 heteroatoms. The van der Waals surface area contributed by atoms with Gasteiger partial charge in [-0.25, -0.2) is 3.97 Å². The summed E-state index contributed by atoms with van der Waals surface area (Å²) >= 11 is 6.95. The van der Waals surface area contributed by atoms with Crippen molar-refractivity contribution in [3.63, 3.8) is 0 Å². The van der Waals surface area contributed by atoms with Gasteiger partial charge in [0.2, 0.25) is 0 Å². The zero-order valence-electron chi connectivity index (χ0n) is 14.8. The summed E-state index contributed by atoms with van der Waals surface area (Å²) in [5.41, 5.74) is 0.628. The number of hydrogen-bond donors (Lipinski definition) is 0. The molecule has 0 aliphatic carbocycles. The minimum absolute atomic E-state index is 0.229. The van der Waals surface area contributed by atoms with Crippen LogP contribution >= 0.6 is 22.9 Å². The molecule has 27 heavy (non-hydrogen) atoms. The van der Waals surface area contributed by atoms with Gasteiger partial charge in [-0.3, -0.25) is 4.90 Å². The van der Waals surface area contributed by atoms with Gasteiger partial charge in [0.25, 0.3) is 10.0 Å². The average Bonchev–Trinajstić information content (AvgIpc) is 3.29. The highest BCUT2D eigenvalue weighted by Gasteiger charge is 2.21. The van der Waals surface area contributed by atoms with Crippen LogP contribution in [-0.2, 0) is 10.0 Å².